The van der Waals surface area contributed by atoms with Crippen LogP contribution in [-0.4, -0.2) is 24.4 Å². The third-order valence-electron chi connectivity index (χ3n) is 3.98. The van der Waals surface area contributed by atoms with Gasteiger partial charge in [0.2, 0.25) is 0 Å². The number of ketones is 1. The van der Waals surface area contributed by atoms with Crippen LogP contribution in [-0.2, 0) is 12.8 Å². The number of hydrogen-bond acceptors (Lipinski definition) is 5. The maximum atomic E-state index is 12.6. The fourth-order valence-electron chi connectivity index (χ4n) is 2.52. The van der Waals surface area contributed by atoms with E-state index in [4.69, 9.17) is 9.47 Å². The molecule has 0 aliphatic heterocycles. The number of nitro groups is 1. The molecule has 0 unspecified atom stereocenters. The summed E-state index contributed by atoms with van der Waals surface area (Å²) < 4.78 is 10.7. The molecule has 0 saturated heterocycles. The summed E-state index contributed by atoms with van der Waals surface area (Å²) >= 11 is 0. The average Bonchev–Trinajstić information content (AvgIpc) is 2.65. The van der Waals surface area contributed by atoms with Crippen LogP contribution in [0.5, 0.6) is 11.5 Å². The van der Waals surface area contributed by atoms with Gasteiger partial charge in [-0.25, -0.2) is 0 Å². The van der Waals surface area contributed by atoms with Gasteiger partial charge >= 0.3 is 0 Å². The van der Waals surface area contributed by atoms with E-state index in [-0.39, 0.29) is 23.8 Å². The van der Waals surface area contributed by atoms with Crippen LogP contribution in [0.3, 0.4) is 0 Å². The van der Waals surface area contributed by atoms with E-state index in [1.54, 1.807) is 0 Å². The summed E-state index contributed by atoms with van der Waals surface area (Å²) in [5, 5.41) is 10.8. The van der Waals surface area contributed by atoms with E-state index in [2.05, 4.69) is 0 Å². The molecule has 0 amide bonds. The molecule has 6 heteroatoms. The zero-order valence-corrected chi connectivity index (χ0v) is 14.6. The Balaban J connectivity index is 2.19. The zero-order valence-electron chi connectivity index (χ0n) is 14.6. The van der Waals surface area contributed by atoms with Crippen molar-refractivity contribution in [2.24, 2.45) is 0 Å². The van der Waals surface area contributed by atoms with Crippen molar-refractivity contribution in [2.75, 3.05) is 13.7 Å². The summed E-state index contributed by atoms with van der Waals surface area (Å²) in [6.45, 7) is 3.87. The summed E-state index contributed by atoms with van der Waals surface area (Å²) in [6, 6.07) is 9.92. The van der Waals surface area contributed by atoms with Gasteiger partial charge in [-0.2, -0.15) is 0 Å². The lowest BCUT2D eigenvalue weighted by molar-refractivity contribution is -0.384. The van der Waals surface area contributed by atoms with E-state index in [1.807, 2.05) is 32.0 Å². The van der Waals surface area contributed by atoms with Crippen molar-refractivity contribution in [2.45, 2.75) is 26.7 Å². The normalized spacial score (nSPS) is 10.4. The highest BCUT2D eigenvalue weighted by atomic mass is 16.6. The second-order valence-electron chi connectivity index (χ2n) is 5.50. The van der Waals surface area contributed by atoms with Crippen molar-refractivity contribution in [1.29, 1.82) is 0 Å². The first-order valence-electron chi connectivity index (χ1n) is 8.10. The summed E-state index contributed by atoms with van der Waals surface area (Å²) in [4.78, 5) is 22.9. The maximum Gasteiger partial charge on any atom is 0.273 e. The first-order chi connectivity index (χ1) is 12.0. The number of ether oxygens (including phenoxy) is 2. The molecule has 0 N–H and O–H groups in total. The number of carbonyl (C=O) groups is 1. The number of methoxy groups -OCH3 is 1. The highest BCUT2D eigenvalue weighted by Crippen LogP contribution is 2.31. The highest BCUT2D eigenvalue weighted by molar-refractivity contribution is 5.98. The molecule has 132 valence electrons. The van der Waals surface area contributed by atoms with Gasteiger partial charge < -0.3 is 9.47 Å². The number of nitrogens with zero attached hydrogens (tertiary/aromatic N) is 1. The molecular formula is C19H21NO5. The quantitative estimate of drug-likeness (QED) is 0.411. The van der Waals surface area contributed by atoms with Gasteiger partial charge in [-0.1, -0.05) is 26.0 Å². The van der Waals surface area contributed by atoms with Crippen LogP contribution in [0.2, 0.25) is 0 Å². The average molecular weight is 343 g/mol. The van der Waals surface area contributed by atoms with Crippen LogP contribution in [0.15, 0.2) is 36.4 Å². The Bertz CT molecular complexity index is 785. The second kappa shape index (κ2) is 8.28. The molecule has 0 heterocycles. The first kappa shape index (κ1) is 18.4. The van der Waals surface area contributed by atoms with Crippen molar-refractivity contribution in [1.82, 2.24) is 0 Å². The summed E-state index contributed by atoms with van der Waals surface area (Å²) in [6.07, 6.45) is 1.60. The molecule has 0 spiro atoms. The van der Waals surface area contributed by atoms with Crippen molar-refractivity contribution in [3.8, 4) is 11.5 Å². The Morgan fingerprint density at radius 3 is 2.44 bits per heavy atom. The Labute approximate surface area is 146 Å². The number of Topliss-reactive ketones (excluding diaryl/α,β-unsaturated/α-hetero) is 1. The van der Waals surface area contributed by atoms with E-state index < -0.39 is 4.92 Å². The van der Waals surface area contributed by atoms with Crippen molar-refractivity contribution >= 4 is 11.5 Å². The molecule has 6 nitrogen and oxygen atoms in total. The Morgan fingerprint density at radius 1 is 1.08 bits per heavy atom. The smallest absolute Gasteiger partial charge is 0.273 e. The minimum atomic E-state index is -0.513. The summed E-state index contributed by atoms with van der Waals surface area (Å²) in [5.74, 6) is 0.388. The number of carbonyl (C=O) groups excluding carboxylic acids is 1. The number of benzene rings is 2. The number of rotatable bonds is 8. The van der Waals surface area contributed by atoms with E-state index >= 15 is 0 Å². The molecular weight excluding hydrogens is 322 g/mol. The lowest BCUT2D eigenvalue weighted by Gasteiger charge is -2.12. The maximum absolute atomic E-state index is 12.6. The van der Waals surface area contributed by atoms with E-state index in [0.29, 0.717) is 11.3 Å². The van der Waals surface area contributed by atoms with E-state index in [9.17, 15) is 14.9 Å². The van der Waals surface area contributed by atoms with E-state index in [0.717, 1.165) is 24.0 Å². The number of nitro benzene ring substituents is 1. The predicted octanol–water partition coefficient (Wildman–Crippen LogP) is 3.99. The minimum absolute atomic E-state index is 0.0977. The predicted molar refractivity (Wildman–Crippen MR) is 94.7 cm³/mol. The van der Waals surface area contributed by atoms with Gasteiger partial charge in [0, 0.05) is 11.6 Å². The van der Waals surface area contributed by atoms with Crippen LogP contribution in [0, 0.1) is 10.1 Å². The van der Waals surface area contributed by atoms with Crippen molar-refractivity contribution < 1.29 is 19.2 Å². The lowest BCUT2D eigenvalue weighted by atomic mass is 9.98. The van der Waals surface area contributed by atoms with Crippen LogP contribution in [0.4, 0.5) is 5.69 Å². The molecule has 0 fully saturated rings. The third-order valence-corrected chi connectivity index (χ3v) is 3.98. The minimum Gasteiger partial charge on any atom is -0.493 e. The van der Waals surface area contributed by atoms with Gasteiger partial charge in [0.25, 0.3) is 5.69 Å². The third kappa shape index (κ3) is 4.35. The molecule has 0 atom stereocenters. The molecule has 2 rings (SSSR count). The highest BCUT2D eigenvalue weighted by Gasteiger charge is 2.16. The fourth-order valence-corrected chi connectivity index (χ4v) is 2.52. The number of hydrogen-bond donors (Lipinski definition) is 0. The molecule has 0 aliphatic carbocycles. The molecule has 2 aromatic rings. The summed E-state index contributed by atoms with van der Waals surface area (Å²) in [5.41, 5.74) is 2.62. The van der Waals surface area contributed by atoms with Gasteiger partial charge in [0.1, 0.15) is 0 Å². The monoisotopic (exact) mass is 343 g/mol. The lowest BCUT2D eigenvalue weighted by Crippen LogP contribution is -2.14. The topological polar surface area (TPSA) is 78.7 Å². The molecule has 0 aliphatic rings. The first-order valence-corrected chi connectivity index (χ1v) is 8.10. The molecule has 0 bridgehead atoms. The number of non-ortho nitro benzene ring substituents is 1. The van der Waals surface area contributed by atoms with Crippen LogP contribution >= 0.6 is 0 Å². The van der Waals surface area contributed by atoms with Crippen LogP contribution in [0.1, 0.15) is 35.3 Å². The molecule has 0 aromatic heterocycles. The van der Waals surface area contributed by atoms with Gasteiger partial charge in [0.05, 0.1) is 18.1 Å². The van der Waals surface area contributed by atoms with Gasteiger partial charge in [-0.15, -0.1) is 0 Å². The van der Waals surface area contributed by atoms with Crippen molar-refractivity contribution in [3.05, 3.63) is 63.2 Å². The molecule has 25 heavy (non-hydrogen) atoms. The van der Waals surface area contributed by atoms with Gasteiger partial charge in [0.15, 0.2) is 23.9 Å². The second-order valence-corrected chi connectivity index (χ2v) is 5.50. The molecule has 0 radical (unpaired) electrons. The molecule has 0 saturated carbocycles. The van der Waals surface area contributed by atoms with Gasteiger partial charge in [-0.05, 0) is 36.1 Å². The van der Waals surface area contributed by atoms with Gasteiger partial charge in [-0.3, -0.25) is 14.9 Å². The molecule has 2 aromatic carbocycles. The summed E-state index contributed by atoms with van der Waals surface area (Å²) in [7, 11) is 1.40. The fraction of sp³-hybridized carbons (Fsp3) is 0.316. The van der Waals surface area contributed by atoms with Crippen LogP contribution in [0.25, 0.3) is 0 Å². The van der Waals surface area contributed by atoms with E-state index in [1.165, 1.54) is 25.3 Å². The Kier molecular flexibility index (Phi) is 6.11. The van der Waals surface area contributed by atoms with Crippen LogP contribution < -0.4 is 9.47 Å². The Morgan fingerprint density at radius 2 is 1.84 bits per heavy atom. The standard InChI is InChI=1S/C19H21NO5/c1-4-13-6-7-14(5-2)16(10-13)17(21)12-25-18-9-8-15(20(22)23)11-19(18)24-3/h6-11H,4-5,12H2,1-3H3. The largest absolute Gasteiger partial charge is 0.493 e. The number of aryl methyl sites for hydroxylation is 2. The Hall–Kier alpha value is -2.89. The zero-order chi connectivity index (χ0) is 18.4. The van der Waals surface area contributed by atoms with Crippen molar-refractivity contribution in [3.63, 3.8) is 0 Å². The SMILES string of the molecule is CCc1ccc(CC)c(C(=O)COc2ccc([N+](=O)[O-])cc2OC)c1.